The van der Waals surface area contributed by atoms with E-state index in [1.807, 2.05) is 0 Å². The van der Waals surface area contributed by atoms with Crippen molar-refractivity contribution in [3.63, 3.8) is 0 Å². The van der Waals surface area contributed by atoms with Gasteiger partial charge in [0.1, 0.15) is 0 Å². The highest BCUT2D eigenvalue weighted by Gasteiger charge is 2.47. The van der Waals surface area contributed by atoms with Crippen molar-refractivity contribution in [3.05, 3.63) is 0 Å². The van der Waals surface area contributed by atoms with Crippen molar-refractivity contribution in [3.8, 4) is 0 Å². The Kier molecular flexibility index (Phi) is 3.92. The fourth-order valence-corrected chi connectivity index (χ4v) is 4.87. The monoisotopic (exact) mass is 279 g/mol. The van der Waals surface area contributed by atoms with Crippen LogP contribution in [0.4, 0.5) is 0 Å². The Labute approximate surface area is 125 Å². The van der Waals surface area contributed by atoms with Crippen LogP contribution < -0.4 is 5.32 Å². The summed E-state index contributed by atoms with van der Waals surface area (Å²) in [6.07, 6.45) is 11.9. The summed E-state index contributed by atoms with van der Waals surface area (Å²) in [5, 5.41) is 3.73. The number of rotatable bonds is 0. The Morgan fingerprint density at radius 2 is 1.45 bits per heavy atom. The van der Waals surface area contributed by atoms with Gasteiger partial charge in [-0.15, -0.1) is 0 Å². The predicted molar refractivity (Wildman–Crippen MR) is 83.9 cm³/mol. The van der Waals surface area contributed by atoms with E-state index in [0.717, 1.165) is 19.0 Å². The van der Waals surface area contributed by atoms with Crippen molar-refractivity contribution >= 4 is 0 Å². The van der Waals surface area contributed by atoms with Gasteiger partial charge in [0.25, 0.3) is 0 Å². The zero-order valence-corrected chi connectivity index (χ0v) is 13.8. The molecular weight excluding hydrogens is 246 g/mol. The van der Waals surface area contributed by atoms with Gasteiger partial charge in [0, 0.05) is 13.1 Å². The fourth-order valence-electron chi connectivity index (χ4n) is 4.87. The second-order valence-corrected chi connectivity index (χ2v) is 8.77. The van der Waals surface area contributed by atoms with Crippen molar-refractivity contribution < 1.29 is 4.74 Å². The first-order valence-corrected chi connectivity index (χ1v) is 8.84. The van der Waals surface area contributed by atoms with Crippen LogP contribution in [-0.4, -0.2) is 24.3 Å². The van der Waals surface area contributed by atoms with E-state index in [1.165, 1.54) is 57.8 Å². The molecule has 0 bridgehead atoms. The highest BCUT2D eigenvalue weighted by molar-refractivity contribution is 5.00. The molecule has 1 heterocycles. The lowest BCUT2D eigenvalue weighted by Gasteiger charge is -2.47. The maximum atomic E-state index is 6.84. The Bertz CT molecular complexity index is 340. The average molecular weight is 279 g/mol. The van der Waals surface area contributed by atoms with E-state index < -0.39 is 0 Å². The number of hydrogen-bond acceptors (Lipinski definition) is 2. The van der Waals surface area contributed by atoms with E-state index in [9.17, 15) is 0 Å². The van der Waals surface area contributed by atoms with Crippen molar-refractivity contribution in [2.45, 2.75) is 89.8 Å². The summed E-state index contributed by atoms with van der Waals surface area (Å²) >= 11 is 0. The molecule has 116 valence electrons. The Hall–Kier alpha value is -0.0800. The van der Waals surface area contributed by atoms with Crippen molar-refractivity contribution in [1.29, 1.82) is 0 Å². The van der Waals surface area contributed by atoms with Gasteiger partial charge in [0.2, 0.25) is 0 Å². The van der Waals surface area contributed by atoms with E-state index >= 15 is 0 Å². The van der Waals surface area contributed by atoms with Crippen molar-refractivity contribution in [2.75, 3.05) is 13.1 Å². The molecule has 1 saturated heterocycles. The summed E-state index contributed by atoms with van der Waals surface area (Å²) in [7, 11) is 0. The third-order valence-corrected chi connectivity index (χ3v) is 6.20. The number of morpholine rings is 1. The first-order valence-electron chi connectivity index (χ1n) is 8.84. The fraction of sp³-hybridized carbons (Fsp3) is 1.00. The van der Waals surface area contributed by atoms with Gasteiger partial charge in [-0.2, -0.15) is 0 Å². The molecule has 0 aromatic carbocycles. The third-order valence-electron chi connectivity index (χ3n) is 6.20. The van der Waals surface area contributed by atoms with Crippen LogP contribution in [0.25, 0.3) is 0 Å². The minimum atomic E-state index is 0.155. The van der Waals surface area contributed by atoms with Crippen LogP contribution in [0.2, 0.25) is 0 Å². The highest BCUT2D eigenvalue weighted by Crippen LogP contribution is 2.46. The van der Waals surface area contributed by atoms with Crippen molar-refractivity contribution in [2.24, 2.45) is 11.3 Å². The van der Waals surface area contributed by atoms with Crippen LogP contribution in [0.5, 0.6) is 0 Å². The molecule has 2 aliphatic carbocycles. The molecule has 3 rings (SSSR count). The van der Waals surface area contributed by atoms with Gasteiger partial charge in [0.05, 0.1) is 11.2 Å². The van der Waals surface area contributed by atoms with Crippen LogP contribution in [0.1, 0.15) is 78.6 Å². The maximum absolute atomic E-state index is 6.84. The lowest BCUT2D eigenvalue weighted by atomic mass is 9.76. The molecule has 2 heteroatoms. The molecule has 1 N–H and O–H groups in total. The smallest absolute Gasteiger partial charge is 0.0814 e. The number of ether oxygens (including phenoxy) is 1. The number of hydrogen-bond donors (Lipinski definition) is 1. The molecule has 2 nitrogen and oxygen atoms in total. The van der Waals surface area contributed by atoms with Crippen molar-refractivity contribution in [1.82, 2.24) is 5.32 Å². The topological polar surface area (TPSA) is 21.3 Å². The molecule has 0 amide bonds. The van der Waals surface area contributed by atoms with E-state index in [1.54, 1.807) is 0 Å². The van der Waals surface area contributed by atoms with Gasteiger partial charge in [-0.05, 0) is 49.9 Å². The summed E-state index contributed by atoms with van der Waals surface area (Å²) in [5.74, 6) is 0.868. The minimum absolute atomic E-state index is 0.155. The van der Waals surface area contributed by atoms with E-state index in [4.69, 9.17) is 4.74 Å². The van der Waals surface area contributed by atoms with Crippen LogP contribution >= 0.6 is 0 Å². The molecule has 0 aromatic rings. The quantitative estimate of drug-likeness (QED) is 0.714. The molecule has 0 radical (unpaired) electrons. The summed E-state index contributed by atoms with van der Waals surface area (Å²) in [5.41, 5.74) is 0.807. The molecule has 0 aromatic heterocycles. The Balaban J connectivity index is 1.69. The summed E-state index contributed by atoms with van der Waals surface area (Å²) < 4.78 is 6.84. The second kappa shape index (κ2) is 5.28. The molecule has 2 atom stereocenters. The zero-order valence-electron chi connectivity index (χ0n) is 13.8. The number of nitrogens with one attached hydrogen (secondary N) is 1. The van der Waals surface area contributed by atoms with Gasteiger partial charge < -0.3 is 10.1 Å². The Morgan fingerprint density at radius 3 is 2.10 bits per heavy atom. The first-order chi connectivity index (χ1) is 9.43. The third kappa shape index (κ3) is 2.92. The summed E-state index contributed by atoms with van der Waals surface area (Å²) in [6, 6.07) is 0. The molecule has 2 unspecified atom stereocenters. The minimum Gasteiger partial charge on any atom is -0.366 e. The van der Waals surface area contributed by atoms with E-state index in [0.29, 0.717) is 5.41 Å². The van der Waals surface area contributed by atoms with Crippen LogP contribution in [0, 0.1) is 11.3 Å². The normalized spacial score (nSPS) is 38.2. The van der Waals surface area contributed by atoms with Gasteiger partial charge in [-0.1, -0.05) is 40.0 Å². The molecular formula is C18H33NO. The molecule has 3 fully saturated rings. The SMILES string of the molecule is CC(C)(C)C1CCCC2(CC1)CNCC1(CCCC1)O2. The van der Waals surface area contributed by atoms with Crippen LogP contribution in [-0.2, 0) is 4.74 Å². The molecule has 3 aliphatic rings. The Morgan fingerprint density at radius 1 is 0.850 bits per heavy atom. The van der Waals surface area contributed by atoms with Gasteiger partial charge in [-0.3, -0.25) is 0 Å². The largest absolute Gasteiger partial charge is 0.366 e. The molecule has 2 spiro atoms. The lowest BCUT2D eigenvalue weighted by molar-refractivity contribution is -0.181. The van der Waals surface area contributed by atoms with E-state index in [2.05, 4.69) is 26.1 Å². The lowest BCUT2D eigenvalue weighted by Crippen LogP contribution is -2.59. The van der Waals surface area contributed by atoms with Gasteiger partial charge in [0.15, 0.2) is 0 Å². The molecule has 20 heavy (non-hydrogen) atoms. The molecule has 1 aliphatic heterocycles. The highest BCUT2D eigenvalue weighted by atomic mass is 16.5. The molecule has 2 saturated carbocycles. The predicted octanol–water partition coefficient (Wildman–Crippen LogP) is 4.28. The van der Waals surface area contributed by atoms with Gasteiger partial charge in [-0.25, -0.2) is 0 Å². The second-order valence-electron chi connectivity index (χ2n) is 8.77. The first kappa shape index (κ1) is 14.8. The average Bonchev–Trinajstić information content (AvgIpc) is 2.69. The van der Waals surface area contributed by atoms with Crippen LogP contribution in [0.15, 0.2) is 0 Å². The summed E-state index contributed by atoms with van der Waals surface area (Å²) in [4.78, 5) is 0. The standard InChI is InChI=1S/C18H33NO/c1-16(2,3)15-7-6-11-18(12-8-15)14-19-13-17(20-18)9-4-5-10-17/h15,19H,4-14H2,1-3H3. The van der Waals surface area contributed by atoms with Crippen LogP contribution in [0.3, 0.4) is 0 Å². The zero-order chi connectivity index (χ0) is 14.3. The summed E-state index contributed by atoms with van der Waals surface area (Å²) in [6.45, 7) is 9.42. The maximum Gasteiger partial charge on any atom is 0.0814 e. The van der Waals surface area contributed by atoms with E-state index in [-0.39, 0.29) is 11.2 Å². The van der Waals surface area contributed by atoms with Gasteiger partial charge >= 0.3 is 0 Å².